The van der Waals surface area contributed by atoms with Crippen molar-refractivity contribution in [1.82, 2.24) is 14.8 Å². The molecule has 3 aliphatic rings. The number of hydrogen-bond donors (Lipinski definition) is 1. The highest BCUT2D eigenvalue weighted by Gasteiger charge is 2.52. The maximum atomic E-state index is 13.5. The van der Waals surface area contributed by atoms with Gasteiger partial charge in [-0.05, 0) is 30.9 Å². The van der Waals surface area contributed by atoms with E-state index in [-0.39, 0.29) is 29.9 Å². The number of nitrogens with one attached hydrogen (secondary N) is 1. The average Bonchev–Trinajstić information content (AvgIpc) is 3.42. The van der Waals surface area contributed by atoms with Crippen LogP contribution in [0.5, 0.6) is 0 Å². The van der Waals surface area contributed by atoms with Gasteiger partial charge >= 0.3 is 0 Å². The first-order valence-corrected chi connectivity index (χ1v) is 12.4. The molecule has 1 aromatic heterocycles. The molecule has 1 N–H and O–H groups in total. The minimum Gasteiger partial charge on any atom is -0.356 e. The lowest BCUT2D eigenvalue weighted by Gasteiger charge is -2.48. The molecule has 2 saturated heterocycles. The van der Waals surface area contributed by atoms with Crippen LogP contribution in [0.1, 0.15) is 88.4 Å². The first kappa shape index (κ1) is 20.6. The third kappa shape index (κ3) is 3.56. The van der Waals surface area contributed by atoms with E-state index in [0.29, 0.717) is 6.42 Å². The molecule has 2 aromatic rings. The molecular formula is C26H35N3O2. The van der Waals surface area contributed by atoms with Crippen molar-refractivity contribution < 1.29 is 9.59 Å². The number of amides is 2. The first-order chi connectivity index (χ1) is 15.2. The highest BCUT2D eigenvalue weighted by Crippen LogP contribution is 2.43. The van der Waals surface area contributed by atoms with Crippen molar-refractivity contribution in [1.29, 1.82) is 0 Å². The highest BCUT2D eigenvalue weighted by atomic mass is 16.2. The zero-order chi connectivity index (χ0) is 21.4. The minimum absolute atomic E-state index is 0.00371. The number of carbonyl (C=O) groups is 2. The van der Waals surface area contributed by atoms with Gasteiger partial charge in [0.05, 0.1) is 6.04 Å². The Hall–Kier alpha value is -2.30. The van der Waals surface area contributed by atoms with Gasteiger partial charge in [-0.3, -0.25) is 9.59 Å². The van der Waals surface area contributed by atoms with E-state index in [2.05, 4.69) is 36.2 Å². The molecule has 1 aromatic carbocycles. The molecule has 31 heavy (non-hydrogen) atoms. The van der Waals surface area contributed by atoms with Crippen LogP contribution in [0.3, 0.4) is 0 Å². The molecule has 0 unspecified atom stereocenters. The second-order valence-corrected chi connectivity index (χ2v) is 9.64. The van der Waals surface area contributed by atoms with E-state index in [1.165, 1.54) is 55.2 Å². The Morgan fingerprint density at radius 3 is 2.58 bits per heavy atom. The fraction of sp³-hybridized carbons (Fsp3) is 0.615. The van der Waals surface area contributed by atoms with Gasteiger partial charge in [-0.2, -0.15) is 0 Å². The Morgan fingerprint density at radius 1 is 0.968 bits per heavy atom. The molecular weight excluding hydrogens is 386 g/mol. The summed E-state index contributed by atoms with van der Waals surface area (Å²) in [4.78, 5) is 34.4. The summed E-state index contributed by atoms with van der Waals surface area (Å²) >= 11 is 0. The summed E-state index contributed by atoms with van der Waals surface area (Å²) < 4.78 is 0. The molecule has 2 fully saturated rings. The summed E-state index contributed by atoms with van der Waals surface area (Å²) in [6.07, 6.45) is 12.1. The summed E-state index contributed by atoms with van der Waals surface area (Å²) in [5.74, 6) is 0.349. The predicted molar refractivity (Wildman–Crippen MR) is 123 cm³/mol. The van der Waals surface area contributed by atoms with E-state index in [1.807, 2.05) is 9.80 Å². The van der Waals surface area contributed by atoms with Crippen molar-refractivity contribution in [2.75, 3.05) is 6.54 Å². The van der Waals surface area contributed by atoms with Gasteiger partial charge in [-0.1, -0.05) is 70.1 Å². The minimum atomic E-state index is -0.330. The largest absolute Gasteiger partial charge is 0.356 e. The van der Waals surface area contributed by atoms with E-state index in [4.69, 9.17) is 0 Å². The summed E-state index contributed by atoms with van der Waals surface area (Å²) in [6.45, 7) is 2.99. The number of piperazine rings is 1. The lowest BCUT2D eigenvalue weighted by molar-refractivity contribution is -0.163. The van der Waals surface area contributed by atoms with Crippen LogP contribution in [-0.4, -0.2) is 45.2 Å². The molecule has 0 aliphatic carbocycles. The van der Waals surface area contributed by atoms with Gasteiger partial charge in [-0.25, -0.2) is 0 Å². The Morgan fingerprint density at radius 2 is 1.74 bits per heavy atom. The van der Waals surface area contributed by atoms with E-state index in [0.717, 1.165) is 37.7 Å². The number of rotatable bonds is 8. The van der Waals surface area contributed by atoms with E-state index in [1.54, 1.807) is 0 Å². The average molecular weight is 422 g/mol. The van der Waals surface area contributed by atoms with Crippen molar-refractivity contribution in [2.24, 2.45) is 0 Å². The van der Waals surface area contributed by atoms with Gasteiger partial charge in [0.25, 0.3) is 0 Å². The number of carbonyl (C=O) groups excluding carboxylic acids is 2. The summed E-state index contributed by atoms with van der Waals surface area (Å²) in [7, 11) is 0. The molecule has 0 bridgehead atoms. The maximum Gasteiger partial charge on any atom is 0.246 e. The van der Waals surface area contributed by atoms with Gasteiger partial charge < -0.3 is 14.8 Å². The molecule has 5 nitrogen and oxygen atoms in total. The molecule has 0 saturated carbocycles. The van der Waals surface area contributed by atoms with Gasteiger partial charge in [-0.15, -0.1) is 0 Å². The second-order valence-electron chi connectivity index (χ2n) is 9.64. The fourth-order valence-electron chi connectivity index (χ4n) is 6.12. The molecule has 4 heterocycles. The fourth-order valence-corrected chi connectivity index (χ4v) is 6.12. The van der Waals surface area contributed by atoms with E-state index in [9.17, 15) is 9.59 Å². The Balaban J connectivity index is 1.42. The first-order valence-electron chi connectivity index (χ1n) is 12.4. The zero-order valence-corrected chi connectivity index (χ0v) is 18.7. The molecule has 2 amide bonds. The number of aromatic nitrogens is 1. The molecule has 3 atom stereocenters. The van der Waals surface area contributed by atoms with Gasteiger partial charge in [0.15, 0.2) is 0 Å². The standard InChI is InChI=1S/C26H35N3O2/c1-2-3-4-5-6-7-8-14-21-24-19(18-12-9-10-13-20(18)27-24)17-23-25(30)28-16-11-15-22(28)26(31)29(21)23/h9-10,12-13,21-23,27H,2-8,11,14-17H2,1H3/t21-,22-,23-/m0/s1. The smallest absolute Gasteiger partial charge is 0.246 e. The quantitative estimate of drug-likeness (QED) is 0.602. The van der Waals surface area contributed by atoms with Crippen molar-refractivity contribution in [2.45, 2.75) is 95.7 Å². The van der Waals surface area contributed by atoms with Gasteiger partial charge in [0.1, 0.15) is 12.1 Å². The Bertz CT molecular complexity index is 965. The lowest BCUT2D eigenvalue weighted by atomic mass is 9.86. The zero-order valence-electron chi connectivity index (χ0n) is 18.7. The third-order valence-electron chi connectivity index (χ3n) is 7.69. The predicted octanol–water partition coefficient (Wildman–Crippen LogP) is 5.11. The SMILES string of the molecule is CCCCCCCCC[C@H]1c2[nH]c3ccccc3c2C[C@H]2C(=O)N3CCC[C@H]3C(=O)N21. The lowest BCUT2D eigenvalue weighted by Crippen LogP contribution is -2.65. The van der Waals surface area contributed by atoms with E-state index >= 15 is 0 Å². The van der Waals surface area contributed by atoms with E-state index < -0.39 is 0 Å². The molecule has 3 aliphatic heterocycles. The number of aromatic amines is 1. The second kappa shape index (κ2) is 8.68. The summed E-state index contributed by atoms with van der Waals surface area (Å²) in [6, 6.07) is 7.82. The highest BCUT2D eigenvalue weighted by molar-refractivity contribution is 5.99. The normalized spacial score (nSPS) is 25.1. The van der Waals surface area contributed by atoms with Crippen LogP contribution in [0.4, 0.5) is 0 Å². The Labute approximate surface area is 185 Å². The van der Waals surface area contributed by atoms with Crippen LogP contribution < -0.4 is 0 Å². The maximum absolute atomic E-state index is 13.5. The number of nitrogens with zero attached hydrogens (tertiary/aromatic N) is 2. The van der Waals surface area contributed by atoms with Gasteiger partial charge in [0.2, 0.25) is 11.8 Å². The van der Waals surface area contributed by atoms with Crippen molar-refractivity contribution in [3.8, 4) is 0 Å². The molecule has 166 valence electrons. The Kier molecular flexibility index (Phi) is 5.77. The third-order valence-corrected chi connectivity index (χ3v) is 7.69. The van der Waals surface area contributed by atoms with Crippen LogP contribution in [0.15, 0.2) is 24.3 Å². The van der Waals surface area contributed by atoms with Crippen LogP contribution in [-0.2, 0) is 16.0 Å². The molecule has 0 radical (unpaired) electrons. The number of fused-ring (bicyclic) bond motifs is 5. The van der Waals surface area contributed by atoms with Crippen molar-refractivity contribution in [3.05, 3.63) is 35.5 Å². The van der Waals surface area contributed by atoms with Crippen LogP contribution in [0.2, 0.25) is 0 Å². The topological polar surface area (TPSA) is 56.4 Å². The number of unbranched alkanes of at least 4 members (excludes halogenated alkanes) is 6. The monoisotopic (exact) mass is 421 g/mol. The van der Waals surface area contributed by atoms with Crippen LogP contribution >= 0.6 is 0 Å². The number of benzene rings is 1. The number of H-pyrrole nitrogens is 1. The van der Waals surface area contributed by atoms with Crippen molar-refractivity contribution >= 4 is 22.7 Å². The summed E-state index contributed by atoms with van der Waals surface area (Å²) in [5, 5.41) is 1.21. The molecule has 0 spiro atoms. The van der Waals surface area contributed by atoms with Crippen LogP contribution in [0.25, 0.3) is 10.9 Å². The number of para-hydroxylation sites is 1. The molecule has 5 heteroatoms. The van der Waals surface area contributed by atoms with Gasteiger partial charge in [0, 0.05) is 29.6 Å². The molecule has 5 rings (SSSR count). The summed E-state index contributed by atoms with van der Waals surface area (Å²) in [5.41, 5.74) is 3.55. The van der Waals surface area contributed by atoms with Crippen LogP contribution in [0, 0.1) is 0 Å². The van der Waals surface area contributed by atoms with Crippen molar-refractivity contribution in [3.63, 3.8) is 0 Å². The number of hydrogen-bond acceptors (Lipinski definition) is 2.